The van der Waals surface area contributed by atoms with E-state index in [1.807, 2.05) is 12.1 Å². The molecule has 0 fully saturated rings. The van der Waals surface area contributed by atoms with Crippen molar-refractivity contribution in [3.8, 4) is 0 Å². The van der Waals surface area contributed by atoms with Crippen molar-refractivity contribution in [2.45, 2.75) is 46.6 Å². The van der Waals surface area contributed by atoms with E-state index in [0.29, 0.717) is 13.2 Å². The number of thiazole rings is 1. The first-order chi connectivity index (χ1) is 12.7. The first-order valence-electron chi connectivity index (χ1n) is 9.30. The summed E-state index contributed by atoms with van der Waals surface area (Å²) in [5.74, 6) is 1.70. The second kappa shape index (κ2) is 11.7. The Morgan fingerprint density at radius 1 is 1.35 bits per heavy atom. The molecular formula is C19H30N4O2S. The van der Waals surface area contributed by atoms with Gasteiger partial charge in [-0.15, -0.1) is 11.3 Å². The maximum Gasteiger partial charge on any atom is 0.191 e. The Labute approximate surface area is 160 Å². The van der Waals surface area contributed by atoms with Gasteiger partial charge in [0.05, 0.1) is 17.0 Å². The quantitative estimate of drug-likeness (QED) is 0.357. The molecule has 0 unspecified atom stereocenters. The van der Waals surface area contributed by atoms with Crippen LogP contribution in [-0.4, -0.2) is 37.2 Å². The van der Waals surface area contributed by atoms with Crippen molar-refractivity contribution < 1.29 is 9.15 Å². The first kappa shape index (κ1) is 20.5. The van der Waals surface area contributed by atoms with E-state index in [2.05, 4.69) is 41.4 Å². The van der Waals surface area contributed by atoms with Gasteiger partial charge in [0.2, 0.25) is 0 Å². The molecule has 7 heteroatoms. The lowest BCUT2D eigenvalue weighted by molar-refractivity contribution is 0.105. The van der Waals surface area contributed by atoms with Gasteiger partial charge < -0.3 is 19.8 Å². The summed E-state index contributed by atoms with van der Waals surface area (Å²) in [7, 11) is 0. The number of nitrogens with one attached hydrogen (secondary N) is 2. The average molecular weight is 379 g/mol. The predicted octanol–water partition coefficient (Wildman–Crippen LogP) is 3.31. The van der Waals surface area contributed by atoms with Crippen LogP contribution in [0.3, 0.4) is 0 Å². The second-order valence-electron chi connectivity index (χ2n) is 5.89. The van der Waals surface area contributed by atoms with Gasteiger partial charge in [0.25, 0.3) is 0 Å². The molecule has 2 aromatic rings. The van der Waals surface area contributed by atoms with Crippen LogP contribution in [0.1, 0.15) is 41.6 Å². The van der Waals surface area contributed by atoms with E-state index in [-0.39, 0.29) is 0 Å². The van der Waals surface area contributed by atoms with Gasteiger partial charge in [-0.2, -0.15) is 0 Å². The number of guanidine groups is 1. The fraction of sp³-hybridized carbons (Fsp3) is 0.579. The maximum atomic E-state index is 5.57. The zero-order valence-electron chi connectivity index (χ0n) is 16.0. The smallest absolute Gasteiger partial charge is 0.191 e. The molecule has 0 aliphatic heterocycles. The van der Waals surface area contributed by atoms with Crippen molar-refractivity contribution in [2.75, 3.05) is 26.2 Å². The second-order valence-corrected chi connectivity index (χ2v) is 7.17. The molecule has 2 heterocycles. The Morgan fingerprint density at radius 3 is 2.92 bits per heavy atom. The van der Waals surface area contributed by atoms with Gasteiger partial charge in [0.15, 0.2) is 5.96 Å². The largest absolute Gasteiger partial charge is 0.467 e. The standard InChI is InChI=1S/C19H30N4O2S/c1-4-17-15(3)26-18(23-17)9-11-22-19(20-5-2)21-10-7-12-24-14-16-8-6-13-25-16/h6,8,13H,4-5,7,9-12,14H2,1-3H3,(H2,20,21,22). The van der Waals surface area contributed by atoms with Gasteiger partial charge in [0, 0.05) is 37.5 Å². The van der Waals surface area contributed by atoms with E-state index in [1.54, 1.807) is 17.6 Å². The van der Waals surface area contributed by atoms with Gasteiger partial charge in [0.1, 0.15) is 12.4 Å². The topological polar surface area (TPSA) is 71.7 Å². The van der Waals surface area contributed by atoms with E-state index in [4.69, 9.17) is 9.15 Å². The van der Waals surface area contributed by atoms with Gasteiger partial charge in [-0.3, -0.25) is 4.99 Å². The minimum Gasteiger partial charge on any atom is -0.467 e. The van der Waals surface area contributed by atoms with E-state index >= 15 is 0 Å². The number of aliphatic imine (C=N–C) groups is 1. The highest BCUT2D eigenvalue weighted by molar-refractivity contribution is 7.11. The number of hydrogen-bond donors (Lipinski definition) is 2. The van der Waals surface area contributed by atoms with Crippen LogP contribution in [-0.2, 0) is 24.2 Å². The highest BCUT2D eigenvalue weighted by Gasteiger charge is 2.06. The number of ether oxygens (including phenoxy) is 1. The number of aromatic nitrogens is 1. The van der Waals surface area contributed by atoms with E-state index in [0.717, 1.165) is 50.6 Å². The summed E-state index contributed by atoms with van der Waals surface area (Å²) in [5, 5.41) is 7.84. The minimum atomic E-state index is 0.516. The summed E-state index contributed by atoms with van der Waals surface area (Å²) in [6.45, 7) is 9.95. The van der Waals surface area contributed by atoms with E-state index in [1.165, 1.54) is 15.6 Å². The molecule has 26 heavy (non-hydrogen) atoms. The summed E-state index contributed by atoms with van der Waals surface area (Å²) in [5.41, 5.74) is 1.22. The number of rotatable bonds is 11. The highest BCUT2D eigenvalue weighted by Crippen LogP contribution is 2.17. The normalized spacial score (nSPS) is 11.7. The van der Waals surface area contributed by atoms with Crippen molar-refractivity contribution in [3.63, 3.8) is 0 Å². The van der Waals surface area contributed by atoms with Crippen LogP contribution in [0.4, 0.5) is 0 Å². The highest BCUT2D eigenvalue weighted by atomic mass is 32.1. The third-order valence-corrected chi connectivity index (χ3v) is 4.86. The number of aryl methyl sites for hydroxylation is 2. The molecule has 0 aliphatic carbocycles. The number of furan rings is 1. The van der Waals surface area contributed by atoms with Crippen LogP contribution >= 0.6 is 11.3 Å². The van der Waals surface area contributed by atoms with Crippen LogP contribution in [0.2, 0.25) is 0 Å². The van der Waals surface area contributed by atoms with Gasteiger partial charge in [-0.1, -0.05) is 6.92 Å². The summed E-state index contributed by atoms with van der Waals surface area (Å²) in [4.78, 5) is 10.6. The Hall–Kier alpha value is -1.86. The molecule has 0 saturated heterocycles. The molecule has 2 aromatic heterocycles. The summed E-state index contributed by atoms with van der Waals surface area (Å²) in [6.07, 6.45) is 4.46. The molecule has 0 aliphatic rings. The van der Waals surface area contributed by atoms with Crippen LogP contribution < -0.4 is 10.6 Å². The number of hydrogen-bond acceptors (Lipinski definition) is 5. The lowest BCUT2D eigenvalue weighted by Gasteiger charge is -2.10. The lowest BCUT2D eigenvalue weighted by Crippen LogP contribution is -2.38. The molecule has 0 atom stereocenters. The van der Waals surface area contributed by atoms with E-state index in [9.17, 15) is 0 Å². The molecular weight excluding hydrogens is 348 g/mol. The first-order valence-corrected chi connectivity index (χ1v) is 10.1. The van der Waals surface area contributed by atoms with Crippen LogP contribution in [0.5, 0.6) is 0 Å². The van der Waals surface area contributed by atoms with Gasteiger partial charge >= 0.3 is 0 Å². The summed E-state index contributed by atoms with van der Waals surface area (Å²) < 4.78 is 10.8. The fourth-order valence-corrected chi connectivity index (χ4v) is 3.50. The third-order valence-electron chi connectivity index (χ3n) is 3.79. The molecule has 0 spiro atoms. The van der Waals surface area contributed by atoms with Crippen molar-refractivity contribution in [1.29, 1.82) is 0 Å². The molecule has 0 saturated carbocycles. The molecule has 6 nitrogen and oxygen atoms in total. The molecule has 0 amide bonds. The van der Waals surface area contributed by atoms with Crippen molar-refractivity contribution >= 4 is 17.3 Å². The molecule has 0 aromatic carbocycles. The average Bonchev–Trinajstić information content (AvgIpc) is 3.27. The Balaban J connectivity index is 1.65. The van der Waals surface area contributed by atoms with Crippen molar-refractivity contribution in [3.05, 3.63) is 39.7 Å². The van der Waals surface area contributed by atoms with Crippen LogP contribution in [0, 0.1) is 6.92 Å². The van der Waals surface area contributed by atoms with Gasteiger partial charge in [-0.25, -0.2) is 4.98 Å². The predicted molar refractivity (Wildman–Crippen MR) is 107 cm³/mol. The monoisotopic (exact) mass is 378 g/mol. The van der Waals surface area contributed by atoms with E-state index < -0.39 is 0 Å². The molecule has 144 valence electrons. The molecule has 0 radical (unpaired) electrons. The summed E-state index contributed by atoms with van der Waals surface area (Å²) in [6, 6.07) is 3.78. The van der Waals surface area contributed by atoms with Gasteiger partial charge in [-0.05, 0) is 38.8 Å². The molecule has 2 rings (SSSR count). The van der Waals surface area contributed by atoms with Crippen molar-refractivity contribution in [1.82, 2.24) is 15.6 Å². The SMILES string of the molecule is CCNC(=NCCCOCc1ccco1)NCCc1nc(CC)c(C)s1. The Morgan fingerprint density at radius 2 is 2.23 bits per heavy atom. The third kappa shape index (κ3) is 7.17. The zero-order valence-corrected chi connectivity index (χ0v) is 16.8. The zero-order chi connectivity index (χ0) is 18.6. The van der Waals surface area contributed by atoms with Crippen molar-refractivity contribution in [2.24, 2.45) is 4.99 Å². The maximum absolute atomic E-state index is 5.57. The van der Waals surface area contributed by atoms with Crippen LogP contribution in [0.15, 0.2) is 27.8 Å². The molecule has 2 N–H and O–H groups in total. The fourth-order valence-electron chi connectivity index (χ4n) is 2.48. The minimum absolute atomic E-state index is 0.516. The summed E-state index contributed by atoms with van der Waals surface area (Å²) >= 11 is 1.79. The lowest BCUT2D eigenvalue weighted by atomic mass is 10.3. The van der Waals surface area contributed by atoms with Crippen LogP contribution in [0.25, 0.3) is 0 Å². The Bertz CT molecular complexity index is 653. The molecule has 0 bridgehead atoms. The number of nitrogens with zero attached hydrogens (tertiary/aromatic N) is 2. The Kier molecular flexibility index (Phi) is 9.20.